The highest BCUT2D eigenvalue weighted by Crippen LogP contribution is 2.10. The molecular weight excluding hydrogens is 354 g/mol. The SMILES string of the molecule is Cc1cc(NC2=CN(N[C@@H](CO)CCc3ccccc3)CC3=NC=C[NH+]23)n[nH]1. The molecule has 28 heavy (non-hydrogen) atoms. The van der Waals surface area contributed by atoms with Crippen LogP contribution in [0.2, 0.25) is 0 Å². The van der Waals surface area contributed by atoms with Crippen molar-refractivity contribution in [1.82, 2.24) is 20.6 Å². The summed E-state index contributed by atoms with van der Waals surface area (Å²) in [6.07, 6.45) is 7.59. The number of anilines is 1. The number of hydrogen-bond donors (Lipinski definition) is 5. The molecule has 0 saturated heterocycles. The van der Waals surface area contributed by atoms with Crippen LogP contribution in [0.1, 0.15) is 17.7 Å². The van der Waals surface area contributed by atoms with E-state index in [0.29, 0.717) is 6.54 Å². The summed E-state index contributed by atoms with van der Waals surface area (Å²) in [7, 11) is 0. The first-order valence-corrected chi connectivity index (χ1v) is 9.50. The summed E-state index contributed by atoms with van der Waals surface area (Å²) in [5.41, 5.74) is 5.69. The summed E-state index contributed by atoms with van der Waals surface area (Å²) in [4.78, 5) is 5.55. The fourth-order valence-corrected chi connectivity index (χ4v) is 3.39. The number of nitrogens with zero attached hydrogens (tertiary/aromatic N) is 3. The lowest BCUT2D eigenvalue weighted by atomic mass is 10.1. The number of hydrogen-bond acceptors (Lipinski definition) is 6. The van der Waals surface area contributed by atoms with Gasteiger partial charge in [-0.2, -0.15) is 5.10 Å². The van der Waals surface area contributed by atoms with Gasteiger partial charge in [0.1, 0.15) is 12.7 Å². The van der Waals surface area contributed by atoms with Crippen LogP contribution in [0.5, 0.6) is 0 Å². The lowest BCUT2D eigenvalue weighted by molar-refractivity contribution is -0.700. The number of aliphatic hydroxyl groups excluding tert-OH is 1. The minimum Gasteiger partial charge on any atom is -0.395 e. The summed E-state index contributed by atoms with van der Waals surface area (Å²) in [5, 5.41) is 22.4. The van der Waals surface area contributed by atoms with Gasteiger partial charge in [0.25, 0.3) is 0 Å². The van der Waals surface area contributed by atoms with Crippen molar-refractivity contribution in [3.05, 3.63) is 72.1 Å². The molecule has 1 unspecified atom stereocenters. The fraction of sp³-hybridized carbons (Fsp3) is 0.300. The fourth-order valence-electron chi connectivity index (χ4n) is 3.39. The second-order valence-electron chi connectivity index (χ2n) is 7.07. The number of quaternary nitrogens is 1. The van der Waals surface area contributed by atoms with Crippen LogP contribution < -0.4 is 15.6 Å². The Morgan fingerprint density at radius 3 is 2.93 bits per heavy atom. The third-order valence-corrected chi connectivity index (χ3v) is 4.84. The Kier molecular flexibility index (Phi) is 5.52. The van der Waals surface area contributed by atoms with Crippen LogP contribution in [0, 0.1) is 6.92 Å². The average Bonchev–Trinajstić information content (AvgIpc) is 3.35. The van der Waals surface area contributed by atoms with E-state index in [2.05, 4.69) is 38.1 Å². The van der Waals surface area contributed by atoms with Crippen LogP contribution in [-0.2, 0) is 6.42 Å². The number of aryl methyl sites for hydroxylation is 2. The molecule has 5 N–H and O–H groups in total. The minimum atomic E-state index is -0.0400. The number of aliphatic hydroxyl groups is 1. The lowest BCUT2D eigenvalue weighted by Gasteiger charge is -2.31. The van der Waals surface area contributed by atoms with E-state index in [9.17, 15) is 5.11 Å². The van der Waals surface area contributed by atoms with Crippen molar-refractivity contribution in [1.29, 1.82) is 0 Å². The summed E-state index contributed by atoms with van der Waals surface area (Å²) in [6, 6.07) is 12.3. The van der Waals surface area contributed by atoms with Gasteiger partial charge in [0.15, 0.2) is 5.82 Å². The van der Waals surface area contributed by atoms with E-state index in [1.165, 1.54) is 5.56 Å². The van der Waals surface area contributed by atoms with Gasteiger partial charge in [-0.25, -0.2) is 15.3 Å². The van der Waals surface area contributed by atoms with Crippen molar-refractivity contribution in [3.8, 4) is 0 Å². The molecule has 1 aromatic carbocycles. The molecule has 146 valence electrons. The molecule has 0 aliphatic carbocycles. The first-order chi connectivity index (χ1) is 13.7. The van der Waals surface area contributed by atoms with E-state index in [0.717, 1.165) is 40.9 Å². The molecule has 0 radical (unpaired) electrons. The number of amidine groups is 1. The zero-order valence-corrected chi connectivity index (χ0v) is 15.9. The molecule has 0 spiro atoms. The molecule has 2 atom stereocenters. The van der Waals surface area contributed by atoms with Crippen molar-refractivity contribution in [2.45, 2.75) is 25.8 Å². The van der Waals surface area contributed by atoms with E-state index in [4.69, 9.17) is 0 Å². The minimum absolute atomic E-state index is 0.0400. The number of aromatic amines is 1. The molecule has 0 bridgehead atoms. The van der Waals surface area contributed by atoms with E-state index in [1.54, 1.807) is 0 Å². The summed E-state index contributed by atoms with van der Waals surface area (Å²) >= 11 is 0. The van der Waals surface area contributed by atoms with Gasteiger partial charge in [0, 0.05) is 17.8 Å². The second kappa shape index (κ2) is 8.39. The van der Waals surface area contributed by atoms with Gasteiger partial charge in [-0.05, 0) is 25.3 Å². The number of fused-ring (bicyclic) bond motifs is 1. The van der Waals surface area contributed by atoms with E-state index >= 15 is 0 Å². The molecule has 2 aliphatic heterocycles. The molecule has 2 aliphatic rings. The summed E-state index contributed by atoms with van der Waals surface area (Å²) in [6.45, 7) is 2.68. The Balaban J connectivity index is 1.43. The summed E-state index contributed by atoms with van der Waals surface area (Å²) < 4.78 is 0. The molecule has 4 rings (SSSR count). The normalized spacial score (nSPS) is 19.2. The van der Waals surface area contributed by atoms with Gasteiger partial charge in [-0.15, -0.1) is 0 Å². The maximum atomic E-state index is 9.84. The van der Waals surface area contributed by atoms with E-state index in [1.807, 2.05) is 54.8 Å². The Morgan fingerprint density at radius 2 is 2.18 bits per heavy atom. The van der Waals surface area contributed by atoms with Crippen LogP contribution in [0.15, 0.2) is 65.8 Å². The van der Waals surface area contributed by atoms with Gasteiger partial charge >= 0.3 is 0 Å². The van der Waals surface area contributed by atoms with Gasteiger partial charge in [0.05, 0.1) is 19.0 Å². The van der Waals surface area contributed by atoms with Gasteiger partial charge in [0.2, 0.25) is 11.7 Å². The number of nitrogens with one attached hydrogen (secondary N) is 4. The van der Waals surface area contributed by atoms with Crippen molar-refractivity contribution in [3.63, 3.8) is 0 Å². The number of aliphatic imine (C=N–C) groups is 1. The smallest absolute Gasteiger partial charge is 0.234 e. The molecule has 1 aromatic heterocycles. The van der Waals surface area contributed by atoms with Gasteiger partial charge in [-0.3, -0.25) is 15.4 Å². The van der Waals surface area contributed by atoms with Crippen molar-refractivity contribution >= 4 is 11.7 Å². The Labute approximate surface area is 164 Å². The zero-order valence-electron chi connectivity index (χ0n) is 15.9. The molecule has 0 fully saturated rings. The summed E-state index contributed by atoms with van der Waals surface area (Å²) in [5.74, 6) is 2.68. The van der Waals surface area contributed by atoms with E-state index < -0.39 is 0 Å². The van der Waals surface area contributed by atoms with Crippen molar-refractivity contribution in [2.24, 2.45) is 4.99 Å². The number of benzene rings is 1. The molecule has 3 heterocycles. The Hall–Kier alpha value is -2.94. The highest BCUT2D eigenvalue weighted by atomic mass is 16.3. The third-order valence-electron chi connectivity index (χ3n) is 4.84. The van der Waals surface area contributed by atoms with Crippen molar-refractivity contribution in [2.75, 3.05) is 18.5 Å². The molecule has 0 amide bonds. The average molecular weight is 380 g/mol. The van der Waals surface area contributed by atoms with Crippen molar-refractivity contribution < 1.29 is 10.0 Å². The molecule has 2 aromatic rings. The maximum absolute atomic E-state index is 9.84. The zero-order chi connectivity index (χ0) is 19.3. The first-order valence-electron chi connectivity index (χ1n) is 9.50. The first kappa shape index (κ1) is 18.4. The topological polar surface area (TPSA) is 93.0 Å². The quantitative estimate of drug-likeness (QED) is 0.460. The highest BCUT2D eigenvalue weighted by molar-refractivity contribution is 5.79. The van der Waals surface area contributed by atoms with Crippen LogP contribution >= 0.6 is 0 Å². The predicted octanol–water partition coefficient (Wildman–Crippen LogP) is 0.511. The number of rotatable bonds is 8. The standard InChI is InChI=1S/C20H25N7O/c1-15-11-18(24-23-15)22-20-13-26(12-19-21-9-10-27(19)20)25-17(14-28)8-7-16-5-3-2-4-6-16/h2-6,9-11,13,17,25,28H,7-8,12,14H2,1H3,(H2,22,23,24)/p+1/t17-/m1/s1. The number of H-pyrrole nitrogens is 1. The molecule has 8 heteroatoms. The second-order valence-corrected chi connectivity index (χ2v) is 7.07. The van der Waals surface area contributed by atoms with Crippen LogP contribution in [0.4, 0.5) is 5.82 Å². The van der Waals surface area contributed by atoms with Gasteiger partial charge < -0.3 is 5.11 Å². The predicted molar refractivity (Wildman–Crippen MR) is 108 cm³/mol. The van der Waals surface area contributed by atoms with E-state index in [-0.39, 0.29) is 12.6 Å². The maximum Gasteiger partial charge on any atom is 0.234 e. The van der Waals surface area contributed by atoms with Crippen LogP contribution in [0.3, 0.4) is 0 Å². The molecular formula is C20H26N7O+. The highest BCUT2D eigenvalue weighted by Gasteiger charge is 2.32. The van der Waals surface area contributed by atoms with Crippen LogP contribution in [0.25, 0.3) is 0 Å². The molecule has 8 nitrogen and oxygen atoms in total. The number of hydrazine groups is 1. The monoisotopic (exact) mass is 380 g/mol. The third kappa shape index (κ3) is 4.30. The molecule has 0 saturated carbocycles. The van der Waals surface area contributed by atoms with Crippen LogP contribution in [-0.4, -0.2) is 45.3 Å². The largest absolute Gasteiger partial charge is 0.395 e. The Bertz CT molecular complexity index is 887. The van der Waals surface area contributed by atoms with Gasteiger partial charge in [-0.1, -0.05) is 30.3 Å². The lowest BCUT2D eigenvalue weighted by Crippen LogP contribution is -3.10. The number of aromatic nitrogens is 2. The Morgan fingerprint density at radius 1 is 1.32 bits per heavy atom.